The number of phenolic OH excluding ortho intramolecular Hbond substituents is 2. The van der Waals surface area contributed by atoms with Crippen LogP contribution in [0.25, 0.3) is 10.8 Å². The summed E-state index contributed by atoms with van der Waals surface area (Å²) in [5.74, 6) is -0.106. The van der Waals surface area contributed by atoms with Crippen molar-refractivity contribution in [1.82, 2.24) is 5.32 Å². The molecule has 0 unspecified atom stereocenters. The van der Waals surface area contributed by atoms with Crippen LogP contribution in [0.15, 0.2) is 54.6 Å². The highest BCUT2D eigenvalue weighted by Gasteiger charge is 2.27. The van der Waals surface area contributed by atoms with Crippen LogP contribution in [0.4, 0.5) is 0 Å². The van der Waals surface area contributed by atoms with Crippen LogP contribution in [0.2, 0.25) is 0 Å². The minimum atomic E-state index is -3.65. The molecule has 170 valence electrons. The van der Waals surface area contributed by atoms with E-state index in [2.05, 4.69) is 5.32 Å². The molecule has 0 aromatic heterocycles. The molecule has 3 rings (SSSR count). The fraction of sp³-hybridized carbons (Fsp3) is 0.261. The third kappa shape index (κ3) is 6.01. The van der Waals surface area contributed by atoms with Crippen molar-refractivity contribution in [3.8, 4) is 17.2 Å². The largest absolute Gasteiger partial charge is 0.530 e. The van der Waals surface area contributed by atoms with Gasteiger partial charge in [0, 0.05) is 6.54 Å². The van der Waals surface area contributed by atoms with Gasteiger partial charge in [-0.1, -0.05) is 18.2 Å². The first kappa shape index (κ1) is 23.6. The summed E-state index contributed by atoms with van der Waals surface area (Å²) < 4.78 is 28.0. The SMILES string of the molecule is CCOP(=O)(OCC)Oc1ccc(CCNC(=O)c2cc3cc(O)ccc3cc2O)cc1. The standard InChI is InChI=1S/C23H26NO7P/c1-3-29-32(28,30-4-2)31-20-9-5-16(6-10-20)11-12-24-23(27)21-14-18-13-19(25)8-7-17(18)15-22(21)26/h5-10,13-15,25-26H,3-4,11-12H2,1-2H3,(H,24,27). The maximum atomic E-state index is 12.5. The van der Waals surface area contributed by atoms with E-state index in [0.29, 0.717) is 24.1 Å². The summed E-state index contributed by atoms with van der Waals surface area (Å²) in [6.07, 6.45) is 0.537. The van der Waals surface area contributed by atoms with Crippen molar-refractivity contribution in [2.24, 2.45) is 0 Å². The average Bonchev–Trinajstić information content (AvgIpc) is 2.75. The van der Waals surface area contributed by atoms with Crippen molar-refractivity contribution >= 4 is 24.5 Å². The summed E-state index contributed by atoms with van der Waals surface area (Å²) in [5.41, 5.74) is 1.06. The van der Waals surface area contributed by atoms with Crippen molar-refractivity contribution in [3.05, 3.63) is 65.7 Å². The summed E-state index contributed by atoms with van der Waals surface area (Å²) in [6, 6.07) is 14.6. The van der Waals surface area contributed by atoms with Gasteiger partial charge in [0.1, 0.15) is 17.2 Å². The topological polar surface area (TPSA) is 114 Å². The summed E-state index contributed by atoms with van der Waals surface area (Å²) >= 11 is 0. The lowest BCUT2D eigenvalue weighted by Gasteiger charge is -2.17. The molecule has 0 fully saturated rings. The van der Waals surface area contributed by atoms with E-state index in [1.165, 1.54) is 18.2 Å². The number of carbonyl (C=O) groups excluding carboxylic acids is 1. The molecule has 3 N–H and O–H groups in total. The maximum absolute atomic E-state index is 12.5. The van der Waals surface area contributed by atoms with Crippen LogP contribution in [0.3, 0.4) is 0 Å². The number of phosphoric acid groups is 1. The summed E-state index contributed by atoms with van der Waals surface area (Å²) in [7, 11) is -3.65. The Labute approximate surface area is 186 Å². The van der Waals surface area contributed by atoms with Gasteiger partial charge in [-0.2, -0.15) is 0 Å². The lowest BCUT2D eigenvalue weighted by Crippen LogP contribution is -2.25. The van der Waals surface area contributed by atoms with Gasteiger partial charge in [0.25, 0.3) is 5.91 Å². The predicted molar refractivity (Wildman–Crippen MR) is 121 cm³/mol. The molecule has 0 aliphatic carbocycles. The first-order valence-electron chi connectivity index (χ1n) is 10.2. The van der Waals surface area contributed by atoms with E-state index >= 15 is 0 Å². The molecule has 3 aromatic rings. The molecule has 0 radical (unpaired) electrons. The van der Waals surface area contributed by atoms with Crippen molar-refractivity contribution in [2.75, 3.05) is 19.8 Å². The van der Waals surface area contributed by atoms with Gasteiger partial charge in [-0.3, -0.25) is 13.8 Å². The average molecular weight is 459 g/mol. The molecule has 32 heavy (non-hydrogen) atoms. The molecule has 9 heteroatoms. The monoisotopic (exact) mass is 459 g/mol. The van der Waals surface area contributed by atoms with Gasteiger partial charge < -0.3 is 20.1 Å². The molecule has 0 bridgehead atoms. The highest BCUT2D eigenvalue weighted by atomic mass is 31.2. The Bertz CT molecular complexity index is 1120. The molecule has 0 saturated carbocycles. The summed E-state index contributed by atoms with van der Waals surface area (Å²) in [5, 5.41) is 24.0. The van der Waals surface area contributed by atoms with Crippen LogP contribution in [0.5, 0.6) is 17.2 Å². The van der Waals surface area contributed by atoms with E-state index in [4.69, 9.17) is 13.6 Å². The van der Waals surface area contributed by atoms with E-state index in [1.807, 2.05) is 0 Å². The van der Waals surface area contributed by atoms with Crippen LogP contribution in [0.1, 0.15) is 29.8 Å². The molecule has 0 heterocycles. The Balaban J connectivity index is 1.58. The second kappa shape index (κ2) is 10.5. The highest BCUT2D eigenvalue weighted by molar-refractivity contribution is 7.48. The number of hydrogen-bond acceptors (Lipinski definition) is 7. The van der Waals surface area contributed by atoms with Crippen molar-refractivity contribution < 1.29 is 33.1 Å². The van der Waals surface area contributed by atoms with Gasteiger partial charge in [0.15, 0.2) is 0 Å². The van der Waals surface area contributed by atoms with E-state index in [0.717, 1.165) is 10.9 Å². The fourth-order valence-electron chi connectivity index (χ4n) is 3.12. The second-order valence-electron chi connectivity index (χ2n) is 6.92. The predicted octanol–water partition coefficient (Wildman–Crippen LogP) is 4.78. The van der Waals surface area contributed by atoms with E-state index in [-0.39, 0.29) is 30.3 Å². The van der Waals surface area contributed by atoms with Gasteiger partial charge >= 0.3 is 7.82 Å². The first-order chi connectivity index (χ1) is 15.3. The fourth-order valence-corrected chi connectivity index (χ4v) is 4.32. The van der Waals surface area contributed by atoms with E-state index < -0.39 is 13.7 Å². The highest BCUT2D eigenvalue weighted by Crippen LogP contribution is 2.49. The maximum Gasteiger partial charge on any atom is 0.530 e. The molecule has 1 amide bonds. The lowest BCUT2D eigenvalue weighted by molar-refractivity contribution is 0.0951. The molecular weight excluding hydrogens is 433 g/mol. The molecule has 0 aliphatic heterocycles. The van der Waals surface area contributed by atoms with Crippen molar-refractivity contribution in [3.63, 3.8) is 0 Å². The van der Waals surface area contributed by atoms with E-state index in [9.17, 15) is 19.6 Å². The number of fused-ring (bicyclic) bond motifs is 1. The zero-order valence-corrected chi connectivity index (χ0v) is 18.8. The summed E-state index contributed by atoms with van der Waals surface area (Å²) in [4.78, 5) is 12.5. The number of aromatic hydroxyl groups is 2. The normalized spacial score (nSPS) is 11.4. The lowest BCUT2D eigenvalue weighted by atomic mass is 10.0. The quantitative estimate of drug-likeness (QED) is 0.374. The Morgan fingerprint density at radius 1 is 0.938 bits per heavy atom. The van der Waals surface area contributed by atoms with Crippen LogP contribution in [0, 0.1) is 0 Å². The zero-order chi connectivity index (χ0) is 23.1. The molecule has 0 saturated heterocycles. The first-order valence-corrected chi connectivity index (χ1v) is 11.7. The second-order valence-corrected chi connectivity index (χ2v) is 8.52. The molecule has 0 aliphatic rings. The molecule has 8 nitrogen and oxygen atoms in total. The van der Waals surface area contributed by atoms with Gasteiger partial charge in [0.2, 0.25) is 0 Å². The number of benzene rings is 3. The van der Waals surface area contributed by atoms with Gasteiger partial charge in [0.05, 0.1) is 18.8 Å². The molecular formula is C23H26NO7P. The Hall–Kier alpha value is -3.06. The molecule has 0 atom stereocenters. The van der Waals surface area contributed by atoms with Crippen LogP contribution < -0.4 is 9.84 Å². The Kier molecular flexibility index (Phi) is 7.75. The Morgan fingerprint density at radius 2 is 1.62 bits per heavy atom. The van der Waals surface area contributed by atoms with Crippen LogP contribution >= 0.6 is 7.82 Å². The third-order valence-electron chi connectivity index (χ3n) is 4.60. The smallest absolute Gasteiger partial charge is 0.508 e. The number of phosphoric ester groups is 1. The van der Waals surface area contributed by atoms with Gasteiger partial charge in [-0.15, -0.1) is 0 Å². The van der Waals surface area contributed by atoms with Crippen molar-refractivity contribution in [1.29, 1.82) is 0 Å². The van der Waals surface area contributed by atoms with Crippen LogP contribution in [-0.2, 0) is 20.0 Å². The minimum Gasteiger partial charge on any atom is -0.508 e. The number of hydrogen-bond donors (Lipinski definition) is 3. The third-order valence-corrected chi connectivity index (χ3v) is 6.18. The number of nitrogens with one attached hydrogen (secondary N) is 1. The zero-order valence-electron chi connectivity index (χ0n) is 17.9. The number of amides is 1. The molecule has 3 aromatic carbocycles. The minimum absolute atomic E-state index is 0.0841. The van der Waals surface area contributed by atoms with E-state index in [1.54, 1.807) is 50.2 Å². The van der Waals surface area contributed by atoms with Crippen molar-refractivity contribution in [2.45, 2.75) is 20.3 Å². The van der Waals surface area contributed by atoms with Gasteiger partial charge in [-0.05, 0) is 73.0 Å². The molecule has 0 spiro atoms. The summed E-state index contributed by atoms with van der Waals surface area (Å²) in [6.45, 7) is 4.14. The number of rotatable bonds is 10. The number of phenols is 2. The number of carbonyl (C=O) groups is 1. The Morgan fingerprint density at radius 3 is 2.28 bits per heavy atom. The van der Waals surface area contributed by atoms with Gasteiger partial charge in [-0.25, -0.2) is 4.57 Å². The van der Waals surface area contributed by atoms with Crippen LogP contribution in [-0.4, -0.2) is 35.9 Å².